The van der Waals surface area contributed by atoms with Crippen LogP contribution in [0.2, 0.25) is 5.02 Å². The number of Topliss-reactive ketones (excluding diaryl/α,β-unsaturated/α-hetero) is 1. The number of carbonyl (C=O) groups is 1. The zero-order valence-corrected chi connectivity index (χ0v) is 9.83. The van der Waals surface area contributed by atoms with Crippen molar-refractivity contribution in [2.45, 2.75) is 18.6 Å². The van der Waals surface area contributed by atoms with Gasteiger partial charge in [-0.2, -0.15) is 0 Å². The van der Waals surface area contributed by atoms with Crippen LogP contribution in [-0.4, -0.2) is 31.6 Å². The number of ketones is 1. The molecule has 0 aliphatic carbocycles. The average Bonchev–Trinajstić information content (AvgIpc) is 2.77. The van der Waals surface area contributed by atoms with Crippen LogP contribution in [0.15, 0.2) is 24.3 Å². The first-order chi connectivity index (χ1) is 7.70. The summed E-state index contributed by atoms with van der Waals surface area (Å²) >= 11 is 5.77. The van der Waals surface area contributed by atoms with Gasteiger partial charge in [-0.3, -0.25) is 4.79 Å². The normalized spacial score (nSPS) is 24.6. The first-order valence-corrected chi connectivity index (χ1v) is 5.64. The van der Waals surface area contributed by atoms with Crippen LogP contribution in [0.5, 0.6) is 0 Å². The number of halogens is 1. The zero-order chi connectivity index (χ0) is 11.5. The fourth-order valence-corrected chi connectivity index (χ4v) is 2.02. The first-order valence-electron chi connectivity index (χ1n) is 5.26. The van der Waals surface area contributed by atoms with E-state index >= 15 is 0 Å². The van der Waals surface area contributed by atoms with Gasteiger partial charge >= 0.3 is 0 Å². The Bertz CT molecular complexity index is 377. The molecular formula is C12H14ClNO2. The van der Waals surface area contributed by atoms with Crippen molar-refractivity contribution in [2.24, 2.45) is 0 Å². The van der Waals surface area contributed by atoms with E-state index in [1.54, 1.807) is 31.4 Å². The Hall–Kier alpha value is -0.900. The predicted octanol–water partition coefficient (Wildman–Crippen LogP) is 1.90. The van der Waals surface area contributed by atoms with Crippen molar-refractivity contribution in [1.82, 2.24) is 5.32 Å². The number of hydrogen-bond acceptors (Lipinski definition) is 3. The monoisotopic (exact) mass is 239 g/mol. The molecule has 16 heavy (non-hydrogen) atoms. The Kier molecular flexibility index (Phi) is 3.59. The lowest BCUT2D eigenvalue weighted by atomic mass is 10.0. The number of rotatable bonds is 3. The molecule has 1 aliphatic rings. The number of ether oxygens (including phenoxy) is 1. The highest BCUT2D eigenvalue weighted by molar-refractivity contribution is 6.30. The highest BCUT2D eigenvalue weighted by atomic mass is 35.5. The van der Waals surface area contributed by atoms with Crippen LogP contribution in [-0.2, 0) is 4.74 Å². The topological polar surface area (TPSA) is 38.3 Å². The summed E-state index contributed by atoms with van der Waals surface area (Å²) < 4.78 is 5.21. The molecule has 4 heteroatoms. The van der Waals surface area contributed by atoms with Gasteiger partial charge in [0.05, 0.1) is 12.1 Å². The highest BCUT2D eigenvalue weighted by Gasteiger charge is 2.29. The minimum Gasteiger partial charge on any atom is -0.380 e. The summed E-state index contributed by atoms with van der Waals surface area (Å²) in [5, 5.41) is 3.81. The van der Waals surface area contributed by atoms with Gasteiger partial charge in [-0.05, 0) is 30.7 Å². The van der Waals surface area contributed by atoms with Crippen LogP contribution < -0.4 is 5.32 Å². The van der Waals surface area contributed by atoms with Crippen molar-refractivity contribution in [2.75, 3.05) is 13.7 Å². The molecule has 1 fully saturated rings. The number of benzene rings is 1. The van der Waals surface area contributed by atoms with Crippen molar-refractivity contribution in [3.8, 4) is 0 Å². The van der Waals surface area contributed by atoms with Crippen LogP contribution in [0, 0.1) is 0 Å². The lowest BCUT2D eigenvalue weighted by Crippen LogP contribution is -2.30. The summed E-state index contributed by atoms with van der Waals surface area (Å²) in [4.78, 5) is 12.1. The van der Waals surface area contributed by atoms with Crippen molar-refractivity contribution in [1.29, 1.82) is 0 Å². The number of nitrogens with one attached hydrogen (secondary N) is 1. The van der Waals surface area contributed by atoms with Gasteiger partial charge in [0.2, 0.25) is 0 Å². The van der Waals surface area contributed by atoms with E-state index in [-0.39, 0.29) is 17.9 Å². The van der Waals surface area contributed by atoms with Gasteiger partial charge in [0.1, 0.15) is 0 Å². The number of methoxy groups -OCH3 is 1. The van der Waals surface area contributed by atoms with Gasteiger partial charge in [-0.25, -0.2) is 0 Å². The maximum atomic E-state index is 12.1. The lowest BCUT2D eigenvalue weighted by molar-refractivity contribution is 0.0919. The van der Waals surface area contributed by atoms with E-state index in [0.717, 1.165) is 13.0 Å². The molecule has 2 unspecified atom stereocenters. The summed E-state index contributed by atoms with van der Waals surface area (Å²) in [6, 6.07) is 6.85. The first kappa shape index (κ1) is 11.6. The Morgan fingerprint density at radius 2 is 2.12 bits per heavy atom. The van der Waals surface area contributed by atoms with Crippen molar-refractivity contribution >= 4 is 17.4 Å². The van der Waals surface area contributed by atoms with E-state index in [9.17, 15) is 4.79 Å². The Balaban J connectivity index is 2.05. The largest absolute Gasteiger partial charge is 0.380 e. The standard InChI is InChI=1S/C12H14ClNO2/c1-16-10-6-11(14-7-10)12(15)8-2-4-9(13)5-3-8/h2-5,10-11,14H,6-7H2,1H3. The summed E-state index contributed by atoms with van der Waals surface area (Å²) in [5.74, 6) is 0.108. The third-order valence-electron chi connectivity index (χ3n) is 2.87. The summed E-state index contributed by atoms with van der Waals surface area (Å²) in [7, 11) is 1.67. The zero-order valence-electron chi connectivity index (χ0n) is 9.07. The molecule has 1 aromatic rings. The molecule has 2 atom stereocenters. The fourth-order valence-electron chi connectivity index (χ4n) is 1.90. The van der Waals surface area contributed by atoms with Crippen LogP contribution >= 0.6 is 11.6 Å². The Labute approximate surface area is 99.7 Å². The van der Waals surface area contributed by atoms with Gasteiger partial charge in [0.15, 0.2) is 5.78 Å². The maximum absolute atomic E-state index is 12.1. The predicted molar refractivity (Wildman–Crippen MR) is 63.0 cm³/mol. The van der Waals surface area contributed by atoms with Gasteiger partial charge in [-0.15, -0.1) is 0 Å². The van der Waals surface area contributed by atoms with E-state index in [1.165, 1.54) is 0 Å². The number of hydrogen-bond donors (Lipinski definition) is 1. The smallest absolute Gasteiger partial charge is 0.179 e. The molecular weight excluding hydrogens is 226 g/mol. The van der Waals surface area contributed by atoms with Gasteiger partial charge < -0.3 is 10.1 Å². The minimum absolute atomic E-state index is 0.108. The maximum Gasteiger partial charge on any atom is 0.179 e. The summed E-state index contributed by atoms with van der Waals surface area (Å²) in [6.45, 7) is 0.737. The van der Waals surface area contributed by atoms with E-state index in [1.807, 2.05) is 0 Å². The molecule has 0 saturated carbocycles. The molecule has 0 radical (unpaired) electrons. The molecule has 0 amide bonds. The quantitative estimate of drug-likeness (QED) is 0.819. The molecule has 3 nitrogen and oxygen atoms in total. The molecule has 0 bridgehead atoms. The second-order valence-electron chi connectivity index (χ2n) is 3.93. The summed E-state index contributed by atoms with van der Waals surface area (Å²) in [5.41, 5.74) is 0.693. The van der Waals surface area contributed by atoms with Gasteiger partial charge in [0, 0.05) is 24.2 Å². The second kappa shape index (κ2) is 4.95. The van der Waals surface area contributed by atoms with Gasteiger partial charge in [-0.1, -0.05) is 11.6 Å². The van der Waals surface area contributed by atoms with Crippen molar-refractivity contribution < 1.29 is 9.53 Å². The molecule has 0 aromatic heterocycles. The molecule has 1 aromatic carbocycles. The molecule has 1 heterocycles. The van der Waals surface area contributed by atoms with Crippen molar-refractivity contribution in [3.05, 3.63) is 34.9 Å². The third-order valence-corrected chi connectivity index (χ3v) is 3.12. The highest BCUT2D eigenvalue weighted by Crippen LogP contribution is 2.16. The van der Waals surface area contributed by atoms with Crippen LogP contribution in [0.1, 0.15) is 16.8 Å². The van der Waals surface area contributed by atoms with Crippen molar-refractivity contribution in [3.63, 3.8) is 0 Å². The SMILES string of the molecule is COC1CNC(C(=O)c2ccc(Cl)cc2)C1. The van der Waals surface area contributed by atoms with Crippen LogP contribution in [0.25, 0.3) is 0 Å². The average molecular weight is 240 g/mol. The van der Waals surface area contributed by atoms with E-state index in [0.29, 0.717) is 10.6 Å². The number of carbonyl (C=O) groups excluding carboxylic acids is 1. The second-order valence-corrected chi connectivity index (χ2v) is 4.36. The molecule has 0 spiro atoms. The lowest BCUT2D eigenvalue weighted by Gasteiger charge is -2.09. The Morgan fingerprint density at radius 3 is 2.69 bits per heavy atom. The Morgan fingerprint density at radius 1 is 1.44 bits per heavy atom. The molecule has 86 valence electrons. The van der Waals surface area contributed by atoms with Gasteiger partial charge in [0.25, 0.3) is 0 Å². The fraction of sp³-hybridized carbons (Fsp3) is 0.417. The van der Waals surface area contributed by atoms with E-state index in [2.05, 4.69) is 5.32 Å². The summed E-state index contributed by atoms with van der Waals surface area (Å²) in [6.07, 6.45) is 0.874. The van der Waals surface area contributed by atoms with Crippen LogP contribution in [0.3, 0.4) is 0 Å². The third kappa shape index (κ3) is 2.43. The molecule has 1 N–H and O–H groups in total. The minimum atomic E-state index is -0.133. The van der Waals surface area contributed by atoms with Crippen LogP contribution in [0.4, 0.5) is 0 Å². The molecule has 2 rings (SSSR count). The van der Waals surface area contributed by atoms with E-state index < -0.39 is 0 Å². The molecule has 1 saturated heterocycles. The molecule has 1 aliphatic heterocycles. The van der Waals surface area contributed by atoms with E-state index in [4.69, 9.17) is 16.3 Å².